The van der Waals surface area contributed by atoms with E-state index in [9.17, 15) is 9.50 Å². The number of aromatic nitrogens is 1. The fourth-order valence-electron chi connectivity index (χ4n) is 1.65. The molecule has 1 atom stereocenters. The molecule has 1 N–H and O–H groups in total. The molecule has 2 rings (SSSR count). The number of halogens is 2. The molecule has 0 aliphatic heterocycles. The number of pyridine rings is 1. The number of nitrogens with zero attached hydrogens (tertiary/aromatic N) is 1. The highest BCUT2D eigenvalue weighted by Crippen LogP contribution is 2.30. The number of methoxy groups -OCH3 is 1. The van der Waals surface area contributed by atoms with Crippen LogP contribution in [-0.2, 0) is 0 Å². The van der Waals surface area contributed by atoms with Crippen LogP contribution in [0.15, 0.2) is 36.5 Å². The fraction of sp³-hybridized carbons (Fsp3) is 0.154. The van der Waals surface area contributed by atoms with Crippen LogP contribution in [0, 0.1) is 5.82 Å². The Labute approximate surface area is 109 Å². The minimum atomic E-state index is -1.22. The van der Waals surface area contributed by atoms with Crippen LogP contribution < -0.4 is 4.74 Å². The lowest BCUT2D eigenvalue weighted by atomic mass is 10.0. The first-order chi connectivity index (χ1) is 8.63. The Morgan fingerprint density at radius 2 is 2.17 bits per heavy atom. The van der Waals surface area contributed by atoms with Gasteiger partial charge >= 0.3 is 0 Å². The summed E-state index contributed by atoms with van der Waals surface area (Å²) in [5, 5.41) is 10.5. The Morgan fingerprint density at radius 3 is 2.89 bits per heavy atom. The molecule has 3 nitrogen and oxygen atoms in total. The van der Waals surface area contributed by atoms with Crippen molar-refractivity contribution in [1.82, 2.24) is 4.98 Å². The average Bonchev–Trinajstić information content (AvgIpc) is 2.40. The molecule has 5 heteroatoms. The zero-order valence-electron chi connectivity index (χ0n) is 9.60. The van der Waals surface area contributed by atoms with E-state index in [1.165, 1.54) is 31.5 Å². The zero-order valence-corrected chi connectivity index (χ0v) is 10.4. The first-order valence-corrected chi connectivity index (χ1v) is 5.63. The van der Waals surface area contributed by atoms with Gasteiger partial charge in [0.2, 0.25) is 0 Å². The minimum Gasteiger partial charge on any atom is -0.495 e. The van der Waals surface area contributed by atoms with E-state index < -0.39 is 11.9 Å². The second kappa shape index (κ2) is 5.33. The number of ether oxygens (including phenoxy) is 1. The number of hydrogen-bond acceptors (Lipinski definition) is 3. The first kappa shape index (κ1) is 12.8. The Balaban J connectivity index is 2.47. The molecule has 0 aliphatic rings. The van der Waals surface area contributed by atoms with E-state index in [1.54, 1.807) is 12.1 Å². The molecule has 0 saturated carbocycles. The molecule has 18 heavy (non-hydrogen) atoms. The van der Waals surface area contributed by atoms with Crippen molar-refractivity contribution in [3.63, 3.8) is 0 Å². The molecule has 0 fully saturated rings. The summed E-state index contributed by atoms with van der Waals surface area (Å²) in [6.07, 6.45) is 0.281. The maximum absolute atomic E-state index is 13.7. The third-order valence-corrected chi connectivity index (χ3v) is 2.77. The summed E-state index contributed by atoms with van der Waals surface area (Å²) in [6, 6.07) is 7.31. The van der Waals surface area contributed by atoms with E-state index in [-0.39, 0.29) is 11.3 Å². The second-order valence-corrected chi connectivity index (χ2v) is 4.10. The lowest BCUT2D eigenvalue weighted by Gasteiger charge is -2.14. The third-order valence-electron chi connectivity index (χ3n) is 2.53. The maximum atomic E-state index is 13.7. The first-order valence-electron chi connectivity index (χ1n) is 5.25. The summed E-state index contributed by atoms with van der Waals surface area (Å²) in [6.45, 7) is 0. The predicted molar refractivity (Wildman–Crippen MR) is 66.3 cm³/mol. The number of rotatable bonds is 3. The van der Waals surface area contributed by atoms with Gasteiger partial charge in [-0.2, -0.15) is 0 Å². The van der Waals surface area contributed by atoms with Gasteiger partial charge in [0, 0.05) is 16.8 Å². The van der Waals surface area contributed by atoms with E-state index >= 15 is 0 Å². The number of benzene rings is 1. The lowest BCUT2D eigenvalue weighted by molar-refractivity contribution is 0.204. The summed E-state index contributed by atoms with van der Waals surface area (Å²) in [5.74, 6) is -0.149. The van der Waals surface area contributed by atoms with Crippen LogP contribution >= 0.6 is 11.6 Å². The second-order valence-electron chi connectivity index (χ2n) is 3.66. The van der Waals surface area contributed by atoms with Crippen molar-refractivity contribution < 1.29 is 14.2 Å². The van der Waals surface area contributed by atoms with Gasteiger partial charge in [0.25, 0.3) is 0 Å². The van der Waals surface area contributed by atoms with E-state index in [0.717, 1.165) is 0 Å². The average molecular weight is 268 g/mol. The van der Waals surface area contributed by atoms with Crippen molar-refractivity contribution in [2.24, 2.45) is 0 Å². The van der Waals surface area contributed by atoms with Crippen LogP contribution in [0.2, 0.25) is 5.02 Å². The maximum Gasteiger partial charge on any atom is 0.143 e. The highest BCUT2D eigenvalue weighted by molar-refractivity contribution is 6.30. The van der Waals surface area contributed by atoms with Gasteiger partial charge in [0.1, 0.15) is 23.4 Å². The molecule has 0 amide bonds. The van der Waals surface area contributed by atoms with E-state index in [0.29, 0.717) is 10.8 Å². The van der Waals surface area contributed by atoms with Crippen molar-refractivity contribution >= 4 is 11.6 Å². The quantitative estimate of drug-likeness (QED) is 0.930. The zero-order chi connectivity index (χ0) is 13.1. The van der Waals surface area contributed by atoms with Gasteiger partial charge in [-0.25, -0.2) is 4.39 Å². The van der Waals surface area contributed by atoms with Crippen molar-refractivity contribution in [1.29, 1.82) is 0 Å². The van der Waals surface area contributed by atoms with Crippen LogP contribution in [0.25, 0.3) is 0 Å². The number of aliphatic hydroxyl groups excluding tert-OH is 1. The van der Waals surface area contributed by atoms with Crippen molar-refractivity contribution in [2.75, 3.05) is 7.11 Å². The standard InChI is InChI=1S/C13H11ClFNO2/c1-18-11-3-2-6-16-12(11)13(17)9-7-8(14)4-5-10(9)15/h2-7,13,17H,1H3. The highest BCUT2D eigenvalue weighted by Gasteiger charge is 2.20. The Hall–Kier alpha value is -1.65. The molecule has 1 aromatic heterocycles. The van der Waals surface area contributed by atoms with Gasteiger partial charge < -0.3 is 9.84 Å². The van der Waals surface area contributed by atoms with Gasteiger partial charge in [-0.05, 0) is 30.3 Å². The van der Waals surface area contributed by atoms with Crippen LogP contribution in [0.3, 0.4) is 0 Å². The summed E-state index contributed by atoms with van der Waals surface area (Å²) >= 11 is 5.79. The van der Waals surface area contributed by atoms with Gasteiger partial charge in [-0.3, -0.25) is 4.98 Å². The summed E-state index contributed by atoms with van der Waals surface area (Å²) in [7, 11) is 1.46. The van der Waals surface area contributed by atoms with Crippen LogP contribution in [0.5, 0.6) is 5.75 Å². The molecule has 1 heterocycles. The molecule has 0 spiro atoms. The molecule has 0 saturated heterocycles. The van der Waals surface area contributed by atoms with Crippen LogP contribution in [-0.4, -0.2) is 17.2 Å². The number of aliphatic hydroxyl groups is 1. The molecule has 0 bridgehead atoms. The monoisotopic (exact) mass is 267 g/mol. The van der Waals surface area contributed by atoms with E-state index in [1.807, 2.05) is 0 Å². The Bertz CT molecular complexity index is 562. The molecule has 2 aromatic rings. The van der Waals surface area contributed by atoms with Crippen molar-refractivity contribution in [3.8, 4) is 5.75 Å². The Kier molecular flexibility index (Phi) is 3.79. The lowest BCUT2D eigenvalue weighted by Crippen LogP contribution is -2.06. The molecule has 1 unspecified atom stereocenters. The summed E-state index contributed by atoms with van der Waals surface area (Å²) < 4.78 is 18.7. The van der Waals surface area contributed by atoms with Gasteiger partial charge in [0.15, 0.2) is 0 Å². The predicted octanol–water partition coefficient (Wildman–Crippen LogP) is 2.96. The molecule has 94 valence electrons. The van der Waals surface area contributed by atoms with Crippen LogP contribution in [0.4, 0.5) is 4.39 Å². The molecule has 1 aromatic carbocycles. The topological polar surface area (TPSA) is 42.4 Å². The molecular weight excluding hydrogens is 257 g/mol. The Morgan fingerprint density at radius 1 is 1.39 bits per heavy atom. The van der Waals surface area contributed by atoms with Crippen molar-refractivity contribution in [3.05, 3.63) is 58.6 Å². The smallest absolute Gasteiger partial charge is 0.143 e. The van der Waals surface area contributed by atoms with Gasteiger partial charge in [-0.1, -0.05) is 11.6 Å². The molecule has 0 radical (unpaired) electrons. The summed E-state index contributed by atoms with van der Waals surface area (Å²) in [5.41, 5.74) is 0.320. The largest absolute Gasteiger partial charge is 0.495 e. The molecular formula is C13H11ClFNO2. The third kappa shape index (κ3) is 2.44. The fourth-order valence-corrected chi connectivity index (χ4v) is 1.83. The SMILES string of the molecule is COc1cccnc1C(O)c1cc(Cl)ccc1F. The van der Waals surface area contributed by atoms with Gasteiger partial charge in [-0.15, -0.1) is 0 Å². The number of hydrogen-bond donors (Lipinski definition) is 1. The summed E-state index contributed by atoms with van der Waals surface area (Å²) in [4.78, 5) is 4.01. The van der Waals surface area contributed by atoms with E-state index in [4.69, 9.17) is 16.3 Å². The normalized spacial score (nSPS) is 12.2. The molecule has 0 aliphatic carbocycles. The minimum absolute atomic E-state index is 0.0690. The van der Waals surface area contributed by atoms with Crippen LogP contribution in [0.1, 0.15) is 17.4 Å². The highest BCUT2D eigenvalue weighted by atomic mass is 35.5. The van der Waals surface area contributed by atoms with Crippen molar-refractivity contribution in [2.45, 2.75) is 6.10 Å². The van der Waals surface area contributed by atoms with E-state index in [2.05, 4.69) is 4.98 Å². The van der Waals surface area contributed by atoms with Gasteiger partial charge in [0.05, 0.1) is 7.11 Å².